The van der Waals surface area contributed by atoms with Crippen LogP contribution in [-0.4, -0.2) is 3.44 Å². The van der Waals surface area contributed by atoms with Crippen LogP contribution in [0.5, 0.6) is 0 Å². The molecule has 0 aliphatic rings. The lowest BCUT2D eigenvalue weighted by molar-refractivity contribution is -0.866. The number of benzene rings is 1. The lowest BCUT2D eigenvalue weighted by atomic mass is 10.2. The second-order valence-electron chi connectivity index (χ2n) is 2.39. The van der Waals surface area contributed by atoms with Crippen molar-refractivity contribution in [1.29, 1.82) is 0 Å². The first-order valence-corrected chi connectivity index (χ1v) is 5.13. The molecule has 0 aliphatic carbocycles. The Kier molecular flexibility index (Phi) is 2.68. The van der Waals surface area contributed by atoms with E-state index in [4.69, 9.17) is 3.44 Å². The molecular weight excluding hydrogens is 239 g/mol. The molecular formula is C8H10IO+. The monoisotopic (exact) mass is 249 g/mol. The first-order valence-electron chi connectivity index (χ1n) is 3.09. The summed E-state index contributed by atoms with van der Waals surface area (Å²) in [5.74, 6) is 0. The van der Waals surface area contributed by atoms with E-state index in [1.54, 1.807) is 0 Å². The van der Waals surface area contributed by atoms with E-state index in [-0.39, 0.29) is 0 Å². The fourth-order valence-corrected chi connectivity index (χ4v) is 2.23. The molecule has 0 unspecified atom stereocenters. The number of aryl methyl sites for hydroxylation is 2. The Hall–Kier alpha value is -0.0900. The van der Waals surface area contributed by atoms with Crippen LogP contribution in [-0.2, 0) is 0 Å². The van der Waals surface area contributed by atoms with Gasteiger partial charge >= 0.3 is 21.6 Å². The van der Waals surface area contributed by atoms with E-state index in [9.17, 15) is 0 Å². The van der Waals surface area contributed by atoms with Crippen LogP contribution in [0, 0.1) is 17.4 Å². The second-order valence-corrected chi connectivity index (χ2v) is 4.12. The van der Waals surface area contributed by atoms with Crippen molar-refractivity contribution in [2.75, 3.05) is 0 Å². The summed E-state index contributed by atoms with van der Waals surface area (Å²) >= 11 is -0.724. The average Bonchev–Trinajstić information content (AvgIpc) is 1.85. The lowest BCUT2D eigenvalue weighted by Crippen LogP contribution is -3.61. The van der Waals surface area contributed by atoms with Crippen LogP contribution in [0.2, 0.25) is 0 Å². The summed E-state index contributed by atoms with van der Waals surface area (Å²) < 4.78 is 10.0. The van der Waals surface area contributed by atoms with Gasteiger partial charge in [0, 0.05) is 0 Å². The molecule has 1 aromatic carbocycles. The van der Waals surface area contributed by atoms with Gasteiger partial charge in [-0.25, -0.2) is 0 Å². The summed E-state index contributed by atoms with van der Waals surface area (Å²) in [5, 5.41) is 0. The highest BCUT2D eigenvalue weighted by Gasteiger charge is 2.08. The van der Waals surface area contributed by atoms with E-state index in [2.05, 4.69) is 19.9 Å². The summed E-state index contributed by atoms with van der Waals surface area (Å²) in [6.45, 7) is 4.10. The summed E-state index contributed by atoms with van der Waals surface area (Å²) in [7, 11) is 0. The van der Waals surface area contributed by atoms with Crippen LogP contribution in [0.3, 0.4) is 0 Å². The van der Waals surface area contributed by atoms with Crippen LogP contribution >= 0.6 is 0 Å². The Balaban J connectivity index is 3.06. The molecule has 10 heavy (non-hydrogen) atoms. The van der Waals surface area contributed by atoms with Crippen LogP contribution in [0.4, 0.5) is 0 Å². The number of hydrogen-bond donors (Lipinski definition) is 1. The van der Waals surface area contributed by atoms with Gasteiger partial charge < -0.3 is 0 Å². The van der Waals surface area contributed by atoms with Crippen molar-refractivity contribution in [3.63, 3.8) is 0 Å². The van der Waals surface area contributed by atoms with Gasteiger partial charge in [-0.15, -0.1) is 0 Å². The standard InChI is InChI=1S/C8H10IO/c1-6-3-7(2)5-8(4-6)9-10/h3-5,10H,1-2H3/q+1. The molecule has 0 atom stereocenters. The molecule has 0 radical (unpaired) electrons. The molecule has 0 aliphatic heterocycles. The van der Waals surface area contributed by atoms with Gasteiger partial charge in [0.05, 0.1) is 0 Å². The summed E-state index contributed by atoms with van der Waals surface area (Å²) in [4.78, 5) is 0. The maximum absolute atomic E-state index is 8.90. The SMILES string of the molecule is Cc1cc(C)cc([I+]O)c1. The third kappa shape index (κ3) is 1.95. The molecule has 1 nitrogen and oxygen atoms in total. The van der Waals surface area contributed by atoms with Crippen molar-refractivity contribution in [1.82, 2.24) is 0 Å². The van der Waals surface area contributed by atoms with Gasteiger partial charge in [0.1, 0.15) is 0 Å². The zero-order chi connectivity index (χ0) is 7.56. The van der Waals surface area contributed by atoms with Crippen LogP contribution < -0.4 is 21.6 Å². The molecule has 1 N–H and O–H groups in total. The smallest absolute Gasteiger partial charge is 0.156 e. The Morgan fingerprint density at radius 3 is 2.00 bits per heavy atom. The first kappa shape index (κ1) is 8.01. The van der Waals surface area contributed by atoms with Gasteiger partial charge in [-0.1, -0.05) is 6.07 Å². The zero-order valence-corrected chi connectivity index (χ0v) is 8.21. The predicted octanol–water partition coefficient (Wildman–Crippen LogP) is -1.53. The van der Waals surface area contributed by atoms with E-state index >= 15 is 0 Å². The second kappa shape index (κ2) is 3.34. The molecule has 0 fully saturated rings. The van der Waals surface area contributed by atoms with Crippen molar-refractivity contribution in [3.05, 3.63) is 32.9 Å². The Bertz CT molecular complexity index is 212. The summed E-state index contributed by atoms with van der Waals surface area (Å²) in [6.07, 6.45) is 0. The molecule has 0 spiro atoms. The zero-order valence-electron chi connectivity index (χ0n) is 6.06. The molecule has 54 valence electrons. The van der Waals surface area contributed by atoms with Gasteiger partial charge in [0.15, 0.2) is 0 Å². The van der Waals surface area contributed by atoms with Gasteiger partial charge in [-0.05, 0) is 37.1 Å². The maximum atomic E-state index is 8.90. The normalized spacial score (nSPS) is 9.90. The molecule has 0 bridgehead atoms. The highest BCUT2D eigenvalue weighted by Crippen LogP contribution is 2.00. The Morgan fingerprint density at radius 1 is 1.10 bits per heavy atom. The van der Waals surface area contributed by atoms with E-state index < -0.39 is 21.6 Å². The first-order chi connectivity index (χ1) is 4.72. The van der Waals surface area contributed by atoms with E-state index in [1.807, 2.05) is 12.1 Å². The van der Waals surface area contributed by atoms with Crippen molar-refractivity contribution in [2.24, 2.45) is 0 Å². The molecule has 1 rings (SSSR count). The highest BCUT2D eigenvalue weighted by molar-refractivity contribution is 5.19. The molecule has 2 heteroatoms. The molecule has 0 saturated carbocycles. The van der Waals surface area contributed by atoms with Crippen molar-refractivity contribution in [3.8, 4) is 0 Å². The fraction of sp³-hybridized carbons (Fsp3) is 0.250. The minimum absolute atomic E-state index is 0.724. The summed E-state index contributed by atoms with van der Waals surface area (Å²) in [5.41, 5.74) is 2.48. The molecule has 0 amide bonds. The Labute approximate surface area is 71.9 Å². The minimum atomic E-state index is -0.724. The molecule has 1 aromatic rings. The molecule has 0 aromatic heterocycles. The van der Waals surface area contributed by atoms with Crippen LogP contribution in [0.25, 0.3) is 0 Å². The van der Waals surface area contributed by atoms with Gasteiger partial charge in [0.25, 0.3) is 0 Å². The number of rotatable bonds is 1. The minimum Gasteiger partial charge on any atom is -0.156 e. The van der Waals surface area contributed by atoms with E-state index in [1.165, 1.54) is 11.1 Å². The lowest BCUT2D eigenvalue weighted by Gasteiger charge is -1.91. The third-order valence-electron chi connectivity index (χ3n) is 1.28. The van der Waals surface area contributed by atoms with Gasteiger partial charge in [0.2, 0.25) is 3.57 Å². The average molecular weight is 249 g/mol. The van der Waals surface area contributed by atoms with Crippen molar-refractivity contribution in [2.45, 2.75) is 13.8 Å². The number of hydrogen-bond acceptors (Lipinski definition) is 1. The van der Waals surface area contributed by atoms with Gasteiger partial charge in [-0.2, -0.15) is 3.44 Å². The van der Waals surface area contributed by atoms with Crippen LogP contribution in [0.15, 0.2) is 18.2 Å². The van der Waals surface area contributed by atoms with Crippen LogP contribution in [0.1, 0.15) is 11.1 Å². The van der Waals surface area contributed by atoms with Crippen molar-refractivity contribution < 1.29 is 25.1 Å². The summed E-state index contributed by atoms with van der Waals surface area (Å²) in [6, 6.07) is 6.20. The fourth-order valence-electron chi connectivity index (χ4n) is 0.968. The Morgan fingerprint density at radius 2 is 1.60 bits per heavy atom. The van der Waals surface area contributed by atoms with Gasteiger partial charge in [-0.3, -0.25) is 0 Å². The predicted molar refractivity (Wildman–Crippen MR) is 36.8 cm³/mol. The largest absolute Gasteiger partial charge is 0.519 e. The van der Waals surface area contributed by atoms with E-state index in [0.29, 0.717) is 0 Å². The van der Waals surface area contributed by atoms with E-state index in [0.717, 1.165) is 3.57 Å². The quantitative estimate of drug-likeness (QED) is 0.599. The molecule has 0 saturated heterocycles. The topological polar surface area (TPSA) is 20.2 Å². The number of halogens is 1. The third-order valence-corrected chi connectivity index (χ3v) is 2.46. The maximum Gasteiger partial charge on any atom is 0.519 e. The highest BCUT2D eigenvalue weighted by atomic mass is 127. The molecule has 0 heterocycles. The van der Waals surface area contributed by atoms with Crippen molar-refractivity contribution >= 4 is 0 Å².